The lowest BCUT2D eigenvalue weighted by Gasteiger charge is -2.05. The molecule has 0 aliphatic rings. The molecule has 0 aliphatic heterocycles. The Balaban J connectivity index is 2.08. The highest BCUT2D eigenvalue weighted by molar-refractivity contribution is 9.10. The van der Waals surface area contributed by atoms with Crippen molar-refractivity contribution in [1.82, 2.24) is 9.97 Å². The summed E-state index contributed by atoms with van der Waals surface area (Å²) in [5.74, 6) is -0.800. The topological polar surface area (TPSA) is 72.1 Å². The van der Waals surface area contributed by atoms with Gasteiger partial charge in [0.25, 0.3) is 5.56 Å². The highest BCUT2D eigenvalue weighted by atomic mass is 79.9. The molecule has 5 nitrogen and oxygen atoms in total. The normalized spacial score (nSPS) is 11.6. The number of hydrogen-bond acceptors (Lipinski definition) is 4. The number of nitrogens with zero attached hydrogens (tertiary/aromatic N) is 1. The van der Waals surface area contributed by atoms with E-state index >= 15 is 0 Å². The van der Waals surface area contributed by atoms with Crippen molar-refractivity contribution in [2.75, 3.05) is 7.11 Å². The van der Waals surface area contributed by atoms with Gasteiger partial charge in [-0.05, 0) is 57.9 Å². The number of fused-ring (bicyclic) bond motifs is 1. The van der Waals surface area contributed by atoms with E-state index in [1.54, 1.807) is 12.1 Å². The lowest BCUT2D eigenvalue weighted by Crippen LogP contribution is -2.11. The van der Waals surface area contributed by atoms with E-state index in [1.807, 2.05) is 0 Å². The summed E-state index contributed by atoms with van der Waals surface area (Å²) in [6.07, 6.45) is 1.54. The summed E-state index contributed by atoms with van der Waals surface area (Å²) in [7, 11) is 1.27. The molecule has 0 amide bonds. The third-order valence-electron chi connectivity index (χ3n) is 3.59. The number of aromatic amines is 1. The van der Waals surface area contributed by atoms with Gasteiger partial charge < -0.3 is 9.72 Å². The SMILES string of the molecule is COC(=O)c1ccc2c(=O)[nH]c(/C(Cl)=C/c3ccc(F)c(Br)c3)nc2c1. The molecular weight excluding hydrogens is 427 g/mol. The molecule has 0 aliphatic carbocycles. The second kappa shape index (κ2) is 7.39. The molecule has 0 spiro atoms. The molecule has 0 unspecified atom stereocenters. The van der Waals surface area contributed by atoms with Gasteiger partial charge in [0, 0.05) is 0 Å². The van der Waals surface area contributed by atoms with Gasteiger partial charge >= 0.3 is 5.97 Å². The first kappa shape index (κ1) is 18.3. The Labute approximate surface area is 160 Å². The molecule has 3 aromatic rings. The van der Waals surface area contributed by atoms with Gasteiger partial charge in [-0.15, -0.1) is 0 Å². The van der Waals surface area contributed by atoms with Crippen LogP contribution in [0.3, 0.4) is 0 Å². The first-order chi connectivity index (χ1) is 12.4. The highest BCUT2D eigenvalue weighted by Crippen LogP contribution is 2.23. The maximum absolute atomic E-state index is 13.3. The highest BCUT2D eigenvalue weighted by Gasteiger charge is 2.11. The zero-order valence-electron chi connectivity index (χ0n) is 13.3. The summed E-state index contributed by atoms with van der Waals surface area (Å²) in [5, 5.41) is 0.473. The van der Waals surface area contributed by atoms with Crippen LogP contribution in [0.25, 0.3) is 22.0 Å². The Hall–Kier alpha value is -2.51. The number of methoxy groups -OCH3 is 1. The second-order valence-corrected chi connectivity index (χ2v) is 6.57. The lowest BCUT2D eigenvalue weighted by atomic mass is 10.1. The molecule has 1 heterocycles. The van der Waals surface area contributed by atoms with E-state index in [-0.39, 0.29) is 16.4 Å². The van der Waals surface area contributed by atoms with Gasteiger partial charge in [-0.1, -0.05) is 17.7 Å². The average Bonchev–Trinajstić information content (AvgIpc) is 2.63. The van der Waals surface area contributed by atoms with E-state index < -0.39 is 17.3 Å². The van der Waals surface area contributed by atoms with Crippen LogP contribution in [-0.4, -0.2) is 23.0 Å². The van der Waals surface area contributed by atoms with Crippen molar-refractivity contribution in [2.24, 2.45) is 0 Å². The molecule has 0 saturated carbocycles. The third kappa shape index (κ3) is 3.68. The average molecular weight is 438 g/mol. The van der Waals surface area contributed by atoms with E-state index in [0.29, 0.717) is 20.9 Å². The molecule has 3 rings (SSSR count). The summed E-state index contributed by atoms with van der Waals surface area (Å²) in [6.45, 7) is 0. The quantitative estimate of drug-likeness (QED) is 0.619. The predicted molar refractivity (Wildman–Crippen MR) is 102 cm³/mol. The molecule has 2 aromatic carbocycles. The Bertz CT molecular complexity index is 1110. The number of H-pyrrole nitrogens is 1. The molecule has 0 saturated heterocycles. The van der Waals surface area contributed by atoms with Crippen LogP contribution in [-0.2, 0) is 4.74 Å². The number of rotatable bonds is 3. The summed E-state index contributed by atoms with van der Waals surface area (Å²) in [6, 6.07) is 8.81. The molecule has 0 bridgehead atoms. The zero-order chi connectivity index (χ0) is 18.8. The maximum Gasteiger partial charge on any atom is 0.337 e. The first-order valence-corrected chi connectivity index (χ1v) is 8.51. The molecule has 0 atom stereocenters. The van der Waals surface area contributed by atoms with Crippen LogP contribution in [0.5, 0.6) is 0 Å². The Morgan fingerprint density at radius 2 is 2.08 bits per heavy atom. The Kier molecular flexibility index (Phi) is 5.20. The van der Waals surface area contributed by atoms with Gasteiger partial charge in [0.15, 0.2) is 5.82 Å². The number of nitrogens with one attached hydrogen (secondary N) is 1. The third-order valence-corrected chi connectivity index (χ3v) is 4.49. The monoisotopic (exact) mass is 436 g/mol. The van der Waals surface area contributed by atoms with Gasteiger partial charge in [-0.3, -0.25) is 4.79 Å². The number of halogens is 3. The molecular formula is C18H11BrClFN2O3. The molecule has 132 valence electrons. The van der Waals surface area contributed by atoms with Crippen molar-refractivity contribution >= 4 is 55.5 Å². The summed E-state index contributed by atoms with van der Waals surface area (Å²) in [4.78, 5) is 30.8. The minimum Gasteiger partial charge on any atom is -0.465 e. The summed E-state index contributed by atoms with van der Waals surface area (Å²) >= 11 is 9.36. The van der Waals surface area contributed by atoms with Gasteiger partial charge in [0.1, 0.15) is 5.82 Å². The molecule has 0 fully saturated rings. The fourth-order valence-electron chi connectivity index (χ4n) is 2.31. The largest absolute Gasteiger partial charge is 0.465 e. The van der Waals surface area contributed by atoms with Crippen LogP contribution in [0.15, 0.2) is 45.7 Å². The Morgan fingerprint density at radius 3 is 2.77 bits per heavy atom. The van der Waals surface area contributed by atoms with E-state index in [4.69, 9.17) is 11.6 Å². The van der Waals surface area contributed by atoms with E-state index in [0.717, 1.165) is 0 Å². The fraction of sp³-hybridized carbons (Fsp3) is 0.0556. The van der Waals surface area contributed by atoms with E-state index in [2.05, 4.69) is 30.6 Å². The lowest BCUT2D eigenvalue weighted by molar-refractivity contribution is 0.0601. The van der Waals surface area contributed by atoms with E-state index in [9.17, 15) is 14.0 Å². The molecule has 0 radical (unpaired) electrons. The Morgan fingerprint density at radius 1 is 1.31 bits per heavy atom. The minimum absolute atomic E-state index is 0.131. The van der Waals surface area contributed by atoms with Gasteiger partial charge in [0.05, 0.1) is 33.1 Å². The van der Waals surface area contributed by atoms with Crippen molar-refractivity contribution in [3.63, 3.8) is 0 Å². The number of hydrogen-bond donors (Lipinski definition) is 1. The van der Waals surface area contributed by atoms with Crippen molar-refractivity contribution in [3.8, 4) is 0 Å². The molecule has 1 N–H and O–H groups in total. The number of esters is 1. The maximum atomic E-state index is 13.3. The smallest absolute Gasteiger partial charge is 0.337 e. The number of ether oxygens (including phenoxy) is 1. The van der Waals surface area contributed by atoms with Gasteiger partial charge in [-0.2, -0.15) is 0 Å². The summed E-state index contributed by atoms with van der Waals surface area (Å²) in [5.41, 5.74) is 0.799. The fourth-order valence-corrected chi connectivity index (χ4v) is 2.93. The molecule has 26 heavy (non-hydrogen) atoms. The minimum atomic E-state index is -0.534. The van der Waals surface area contributed by atoms with Crippen LogP contribution in [0, 0.1) is 5.82 Å². The van der Waals surface area contributed by atoms with Crippen molar-refractivity contribution < 1.29 is 13.9 Å². The van der Waals surface area contributed by atoms with Gasteiger partial charge in [0.2, 0.25) is 0 Å². The number of carbonyl (C=O) groups excluding carboxylic acids is 1. The van der Waals surface area contributed by atoms with Crippen LogP contribution < -0.4 is 5.56 Å². The van der Waals surface area contributed by atoms with Crippen molar-refractivity contribution in [1.29, 1.82) is 0 Å². The summed E-state index contributed by atoms with van der Waals surface area (Å²) < 4.78 is 18.3. The first-order valence-electron chi connectivity index (χ1n) is 7.34. The van der Waals surface area contributed by atoms with Crippen LogP contribution in [0.4, 0.5) is 4.39 Å². The van der Waals surface area contributed by atoms with Crippen LogP contribution in [0.2, 0.25) is 0 Å². The van der Waals surface area contributed by atoms with E-state index in [1.165, 1.54) is 37.4 Å². The predicted octanol–water partition coefficient (Wildman–Crippen LogP) is 4.35. The standard InChI is InChI=1S/C18H11BrClFN2O3/c1-26-18(25)10-3-4-11-15(8-10)22-16(23-17(11)24)13(20)7-9-2-5-14(21)12(19)6-9/h2-8H,1H3,(H,22,23,24)/b13-7-. The second-order valence-electron chi connectivity index (χ2n) is 5.30. The number of benzene rings is 2. The van der Waals surface area contributed by atoms with Crippen molar-refractivity contribution in [2.45, 2.75) is 0 Å². The molecule has 8 heteroatoms. The van der Waals surface area contributed by atoms with Crippen molar-refractivity contribution in [3.05, 3.63) is 74.0 Å². The van der Waals surface area contributed by atoms with Crippen LogP contribution >= 0.6 is 27.5 Å². The van der Waals surface area contributed by atoms with Gasteiger partial charge in [-0.25, -0.2) is 14.2 Å². The number of carbonyl (C=O) groups is 1. The zero-order valence-corrected chi connectivity index (χ0v) is 15.7. The number of aromatic nitrogens is 2. The molecule has 1 aromatic heterocycles. The van der Waals surface area contributed by atoms with Crippen LogP contribution in [0.1, 0.15) is 21.7 Å².